The highest BCUT2D eigenvalue weighted by molar-refractivity contribution is 7.16. The number of amides is 2. The van der Waals surface area contributed by atoms with Crippen molar-refractivity contribution >= 4 is 40.8 Å². The highest BCUT2D eigenvalue weighted by Gasteiger charge is 2.50. The molecule has 0 fully saturated rings. The molecule has 0 saturated heterocycles. The molecule has 158 valence electrons. The summed E-state index contributed by atoms with van der Waals surface area (Å²) in [6, 6.07) is 8.69. The summed E-state index contributed by atoms with van der Waals surface area (Å²) < 4.78 is 4.00. The summed E-state index contributed by atoms with van der Waals surface area (Å²) in [4.78, 5) is 37.5. The molecule has 1 unspecified atom stereocenters. The first kappa shape index (κ1) is 21.7. The second-order valence-electron chi connectivity index (χ2n) is 7.91. The van der Waals surface area contributed by atoms with Crippen LogP contribution in [-0.4, -0.2) is 42.6 Å². The van der Waals surface area contributed by atoms with Gasteiger partial charge in [-0.05, 0) is 35.1 Å². The number of rotatable bonds is 3. The number of thiophene rings is 1. The van der Waals surface area contributed by atoms with Gasteiger partial charge in [0.2, 0.25) is 5.84 Å². The molecule has 0 radical (unpaired) electrons. The van der Waals surface area contributed by atoms with Gasteiger partial charge in [-0.2, -0.15) is 4.79 Å². The lowest BCUT2D eigenvalue weighted by atomic mass is 9.87. The minimum absolute atomic E-state index is 0.0413. The summed E-state index contributed by atoms with van der Waals surface area (Å²) in [5.41, 5.74) is 1.80. The van der Waals surface area contributed by atoms with E-state index in [1.165, 1.54) is 13.2 Å². The molecule has 2 aromatic rings. The summed E-state index contributed by atoms with van der Waals surface area (Å²) in [6.07, 6.45) is -1.20. The van der Waals surface area contributed by atoms with Gasteiger partial charge in [-0.25, -0.2) is 4.79 Å². The number of carbonyl (C=O) groups is 3. The maximum Gasteiger partial charge on any atom is 0.546 e. The normalized spacial score (nSPS) is 17.8. The Kier molecular flexibility index (Phi) is 5.53. The number of benzene rings is 1. The van der Waals surface area contributed by atoms with Crippen LogP contribution in [0.1, 0.15) is 58.2 Å². The van der Waals surface area contributed by atoms with E-state index in [1.54, 1.807) is 19.1 Å². The number of methoxy groups -OCH3 is 1. The molecule has 2 heterocycles. The number of carboxylic acid groups (broad SMARTS) is 1. The number of amidine groups is 1. The Bertz CT molecular complexity index is 1050. The van der Waals surface area contributed by atoms with Crippen molar-refractivity contribution in [2.45, 2.75) is 33.1 Å². The van der Waals surface area contributed by atoms with Crippen molar-refractivity contribution in [3.63, 3.8) is 0 Å². The molecule has 2 N–H and O–H groups in total. The van der Waals surface area contributed by atoms with Gasteiger partial charge in [0.25, 0.3) is 5.91 Å². The Hall–Kier alpha value is -3.04. The van der Waals surface area contributed by atoms with Gasteiger partial charge in [-0.15, -0.1) is 11.3 Å². The quantitative estimate of drug-likeness (QED) is 0.567. The molecular weight excluding hydrogens is 406 g/mol. The summed E-state index contributed by atoms with van der Waals surface area (Å²) >= 11 is 1.04. The molecule has 0 saturated carbocycles. The van der Waals surface area contributed by atoms with Crippen LogP contribution in [0.15, 0.2) is 35.4 Å². The van der Waals surface area contributed by atoms with E-state index in [0.29, 0.717) is 16.1 Å². The summed E-state index contributed by atoms with van der Waals surface area (Å²) in [5.74, 6) is -0.855. The Labute approximate surface area is 178 Å². The molecule has 30 heavy (non-hydrogen) atoms. The molecule has 1 aromatic heterocycles. The van der Waals surface area contributed by atoms with E-state index in [9.17, 15) is 19.5 Å². The standard InChI is InChI=1S/C21H23N3O5S/c1-6-24(20(27)28)14-11-15(19(26)29-5)30-16(14)17(23-24)22-18(25)12-7-9-13(10-8-12)21(2,3)4/h7-11H,6H2,1-5H3,(H-,22,23,25,27,28)/p+1. The zero-order valence-electron chi connectivity index (χ0n) is 17.5. The van der Waals surface area contributed by atoms with Gasteiger partial charge < -0.3 is 15.2 Å². The maximum atomic E-state index is 12.8. The Balaban J connectivity index is 1.97. The topological polar surface area (TPSA) is 105 Å². The molecule has 0 aliphatic carbocycles. The van der Waals surface area contributed by atoms with Crippen molar-refractivity contribution in [2.75, 3.05) is 13.7 Å². The van der Waals surface area contributed by atoms with Gasteiger partial charge in [0.1, 0.15) is 16.3 Å². The summed E-state index contributed by atoms with van der Waals surface area (Å²) in [7, 11) is 1.25. The van der Waals surface area contributed by atoms with Gasteiger partial charge in [0.05, 0.1) is 7.11 Å². The van der Waals surface area contributed by atoms with Crippen LogP contribution >= 0.6 is 11.3 Å². The number of hydrogen-bond acceptors (Lipinski definition) is 6. The average Bonchev–Trinajstić information content (AvgIpc) is 3.26. The summed E-state index contributed by atoms with van der Waals surface area (Å²) in [6.45, 7) is 8.04. The molecule has 1 aliphatic rings. The van der Waals surface area contributed by atoms with Crippen molar-refractivity contribution in [3.05, 3.63) is 51.2 Å². The Morgan fingerprint density at radius 3 is 2.33 bits per heavy atom. The lowest BCUT2D eigenvalue weighted by molar-refractivity contribution is 0.0605. The molecule has 2 amide bonds. The monoisotopic (exact) mass is 430 g/mol. The smallest absolute Gasteiger partial charge is 0.465 e. The van der Waals surface area contributed by atoms with Crippen molar-refractivity contribution in [2.24, 2.45) is 5.10 Å². The van der Waals surface area contributed by atoms with E-state index >= 15 is 0 Å². The van der Waals surface area contributed by atoms with E-state index in [4.69, 9.17) is 4.74 Å². The van der Waals surface area contributed by atoms with Crippen molar-refractivity contribution in [1.82, 2.24) is 9.91 Å². The number of nitrogens with zero attached hydrogens (tertiary/aromatic N) is 2. The van der Waals surface area contributed by atoms with E-state index in [1.807, 2.05) is 12.1 Å². The van der Waals surface area contributed by atoms with Crippen molar-refractivity contribution < 1.29 is 24.2 Å². The van der Waals surface area contributed by atoms with Crippen LogP contribution < -0.4 is 9.91 Å². The molecule has 9 heteroatoms. The van der Waals surface area contributed by atoms with Crippen LogP contribution in [0.5, 0.6) is 0 Å². The van der Waals surface area contributed by atoms with E-state index in [0.717, 1.165) is 16.9 Å². The van der Waals surface area contributed by atoms with Crippen LogP contribution in [0.2, 0.25) is 0 Å². The number of esters is 1. The zero-order chi connectivity index (χ0) is 22.3. The van der Waals surface area contributed by atoms with Crippen molar-refractivity contribution in [3.8, 4) is 0 Å². The van der Waals surface area contributed by atoms with Gasteiger partial charge in [-0.3, -0.25) is 4.79 Å². The molecule has 1 atom stereocenters. The minimum atomic E-state index is -1.20. The van der Waals surface area contributed by atoms with Crippen LogP contribution in [0.25, 0.3) is 0 Å². The largest absolute Gasteiger partial charge is 0.546 e. The van der Waals surface area contributed by atoms with Gasteiger partial charge in [0.15, 0.2) is 5.69 Å². The number of ether oxygens (including phenoxy) is 1. The zero-order valence-corrected chi connectivity index (χ0v) is 18.3. The first-order chi connectivity index (χ1) is 14.0. The number of carbonyl (C=O) groups excluding carboxylic acids is 2. The highest BCUT2D eigenvalue weighted by Crippen LogP contribution is 2.41. The van der Waals surface area contributed by atoms with Crippen LogP contribution in [-0.2, 0) is 10.2 Å². The third-order valence-electron chi connectivity index (χ3n) is 5.00. The van der Waals surface area contributed by atoms with Crippen LogP contribution in [0.4, 0.5) is 10.5 Å². The average molecular weight is 431 g/mol. The lowest BCUT2D eigenvalue weighted by Crippen LogP contribution is -2.47. The van der Waals surface area contributed by atoms with Gasteiger partial charge in [0, 0.05) is 11.6 Å². The molecule has 1 aliphatic heterocycles. The van der Waals surface area contributed by atoms with E-state index < -0.39 is 22.6 Å². The van der Waals surface area contributed by atoms with E-state index in [-0.39, 0.29) is 22.7 Å². The van der Waals surface area contributed by atoms with Gasteiger partial charge >= 0.3 is 12.1 Å². The Morgan fingerprint density at radius 2 is 1.83 bits per heavy atom. The number of nitrogens with one attached hydrogen (secondary N) is 1. The predicted molar refractivity (Wildman–Crippen MR) is 115 cm³/mol. The first-order valence-corrected chi connectivity index (χ1v) is 10.2. The predicted octanol–water partition coefficient (Wildman–Crippen LogP) is 3.94. The van der Waals surface area contributed by atoms with E-state index in [2.05, 4.69) is 31.2 Å². The minimum Gasteiger partial charge on any atom is -0.465 e. The number of hydrogen-bond donors (Lipinski definition) is 2. The number of fused-ring (bicyclic) bond motifs is 1. The Morgan fingerprint density at radius 1 is 1.20 bits per heavy atom. The third-order valence-corrected chi connectivity index (χ3v) is 6.11. The highest BCUT2D eigenvalue weighted by atomic mass is 32.1. The van der Waals surface area contributed by atoms with Crippen LogP contribution in [0, 0.1) is 0 Å². The first-order valence-electron chi connectivity index (χ1n) is 9.40. The van der Waals surface area contributed by atoms with Crippen LogP contribution in [0.3, 0.4) is 0 Å². The molecule has 8 nitrogen and oxygen atoms in total. The second-order valence-corrected chi connectivity index (χ2v) is 8.97. The molecule has 0 bridgehead atoms. The van der Waals surface area contributed by atoms with Crippen molar-refractivity contribution in [1.29, 1.82) is 0 Å². The lowest BCUT2D eigenvalue weighted by Gasteiger charge is -2.19. The van der Waals surface area contributed by atoms with Gasteiger partial charge in [-0.1, -0.05) is 37.5 Å². The maximum absolute atomic E-state index is 12.8. The second kappa shape index (κ2) is 7.66. The molecule has 0 spiro atoms. The SMILES string of the molecule is CC[N+]1(C(=O)O)N=C(NC(=O)c2ccc(C(C)(C)C)cc2)c2sc(C(=O)OC)cc21. The fourth-order valence-electron chi connectivity index (χ4n) is 3.20. The fourth-order valence-corrected chi connectivity index (χ4v) is 4.26. The third kappa shape index (κ3) is 3.61. The molecular formula is C21H24N3O5S+. The summed E-state index contributed by atoms with van der Waals surface area (Å²) in [5, 5.41) is 16.8. The number of quaternary nitrogens is 1. The molecule has 3 rings (SSSR count). The fraction of sp³-hybridized carbons (Fsp3) is 0.333. The molecule has 1 aromatic carbocycles.